The molecule has 2 aromatic heterocycles. The maximum absolute atomic E-state index is 14.6. The highest BCUT2D eigenvalue weighted by Crippen LogP contribution is 2.63. The maximum Gasteiger partial charge on any atom is 0.417 e. The van der Waals surface area contributed by atoms with Gasteiger partial charge in [-0.2, -0.15) is 13.2 Å². The molecular formula is C30H30F4N2O4. The van der Waals surface area contributed by atoms with E-state index < -0.39 is 23.2 Å². The summed E-state index contributed by atoms with van der Waals surface area (Å²) in [5, 5.41) is 19.5. The van der Waals surface area contributed by atoms with Crippen LogP contribution in [0.4, 0.5) is 17.6 Å². The molecule has 3 aromatic rings. The first kappa shape index (κ1) is 27.9. The Hall–Kier alpha value is -3.66. The lowest BCUT2D eigenvalue weighted by Gasteiger charge is -2.17. The first-order valence-electron chi connectivity index (χ1n) is 13.0. The van der Waals surface area contributed by atoms with E-state index in [1.54, 1.807) is 26.1 Å². The molecule has 3 atom stereocenters. The molecular weight excluding hydrogens is 528 g/mol. The predicted molar refractivity (Wildman–Crippen MR) is 139 cm³/mol. The van der Waals surface area contributed by atoms with Crippen LogP contribution in [0.3, 0.4) is 0 Å². The number of pyridine rings is 2. The van der Waals surface area contributed by atoms with Crippen molar-refractivity contribution in [3.05, 3.63) is 83.1 Å². The number of hydrogen-bond acceptors (Lipinski definition) is 6. The first-order valence-corrected chi connectivity index (χ1v) is 13.0. The van der Waals surface area contributed by atoms with Gasteiger partial charge in [0.05, 0.1) is 23.5 Å². The van der Waals surface area contributed by atoms with Crippen LogP contribution in [0.25, 0.3) is 11.1 Å². The summed E-state index contributed by atoms with van der Waals surface area (Å²) < 4.78 is 67.7. The fourth-order valence-corrected chi connectivity index (χ4v) is 5.47. The molecule has 1 saturated carbocycles. The van der Waals surface area contributed by atoms with Crippen molar-refractivity contribution in [2.24, 2.45) is 11.8 Å². The van der Waals surface area contributed by atoms with E-state index in [-0.39, 0.29) is 59.3 Å². The predicted octanol–water partition coefficient (Wildman–Crippen LogP) is 6.77. The Morgan fingerprint density at radius 3 is 2.50 bits per heavy atom. The van der Waals surface area contributed by atoms with E-state index in [9.17, 15) is 27.8 Å². The van der Waals surface area contributed by atoms with Crippen LogP contribution in [-0.4, -0.2) is 32.4 Å². The quantitative estimate of drug-likeness (QED) is 0.162. The summed E-state index contributed by atoms with van der Waals surface area (Å²) in [4.78, 5) is 8.33. The molecule has 1 aromatic carbocycles. The largest absolute Gasteiger partial charge is 0.513 e. The molecule has 212 valence electrons. The molecule has 0 amide bonds. The number of ether oxygens (including phenoxy) is 2. The Kier molecular flexibility index (Phi) is 7.24. The lowest BCUT2D eigenvalue weighted by atomic mass is 9.99. The van der Waals surface area contributed by atoms with Crippen LogP contribution < -0.4 is 9.47 Å². The Bertz CT molecular complexity index is 1430. The van der Waals surface area contributed by atoms with Crippen LogP contribution in [-0.2, 0) is 19.2 Å². The number of hydrogen-bond donors (Lipinski definition) is 2. The van der Waals surface area contributed by atoms with Gasteiger partial charge in [-0.25, -0.2) is 14.4 Å². The number of rotatable bonds is 10. The summed E-state index contributed by atoms with van der Waals surface area (Å²) in [5.41, 5.74) is 0.217. The molecule has 40 heavy (non-hydrogen) atoms. The second kappa shape index (κ2) is 10.4. The van der Waals surface area contributed by atoms with Gasteiger partial charge < -0.3 is 19.7 Å². The van der Waals surface area contributed by atoms with E-state index in [1.807, 2.05) is 0 Å². The highest BCUT2D eigenvalue weighted by atomic mass is 19.4. The van der Waals surface area contributed by atoms with Crippen molar-refractivity contribution in [2.45, 2.75) is 57.4 Å². The van der Waals surface area contributed by atoms with E-state index in [0.717, 1.165) is 35.9 Å². The SMILES string of the molecule is C=C(O)[C@H]1[C@@H]2Cc3cc(OCc4cc(-c5cnc(OCCCC(C)(C)O)cc5C(F)(F)F)ccc4F)ncc3[C@@H]21. The number of allylic oxidation sites excluding steroid dienone is 1. The molecule has 0 saturated heterocycles. The summed E-state index contributed by atoms with van der Waals surface area (Å²) in [5.74, 6) is 0.241. The monoisotopic (exact) mass is 558 g/mol. The minimum atomic E-state index is -4.70. The average molecular weight is 559 g/mol. The van der Waals surface area contributed by atoms with Crippen LogP contribution in [0.15, 0.2) is 55.1 Å². The van der Waals surface area contributed by atoms with Crippen LogP contribution in [0, 0.1) is 17.7 Å². The van der Waals surface area contributed by atoms with Gasteiger partial charge in [0, 0.05) is 41.6 Å². The number of aromatic nitrogens is 2. The molecule has 1 fully saturated rings. The summed E-state index contributed by atoms with van der Waals surface area (Å²) in [6, 6.07) is 6.29. The normalized spacial score (nSPS) is 19.6. The van der Waals surface area contributed by atoms with Crippen LogP contribution in [0.5, 0.6) is 11.8 Å². The van der Waals surface area contributed by atoms with Gasteiger partial charge in [-0.1, -0.05) is 12.6 Å². The number of aliphatic hydroxyl groups excluding tert-OH is 1. The summed E-state index contributed by atoms with van der Waals surface area (Å²) in [6.07, 6.45) is -0.326. The van der Waals surface area contributed by atoms with Crippen LogP contribution >= 0.6 is 0 Å². The van der Waals surface area contributed by atoms with Gasteiger partial charge in [0.1, 0.15) is 12.4 Å². The third-order valence-electron chi connectivity index (χ3n) is 7.47. The molecule has 5 rings (SSSR count). The van der Waals surface area contributed by atoms with Crippen molar-refractivity contribution >= 4 is 0 Å². The van der Waals surface area contributed by atoms with Crippen molar-refractivity contribution in [3.8, 4) is 22.9 Å². The molecule has 0 unspecified atom stereocenters. The Labute approximate surface area is 229 Å². The molecule has 6 nitrogen and oxygen atoms in total. The number of alkyl halides is 3. The van der Waals surface area contributed by atoms with Gasteiger partial charge in [0.2, 0.25) is 11.8 Å². The van der Waals surface area contributed by atoms with Crippen molar-refractivity contribution in [1.29, 1.82) is 0 Å². The lowest BCUT2D eigenvalue weighted by molar-refractivity contribution is -0.137. The highest BCUT2D eigenvalue weighted by molar-refractivity contribution is 5.68. The average Bonchev–Trinajstić information content (AvgIpc) is 3.47. The molecule has 0 aliphatic heterocycles. The van der Waals surface area contributed by atoms with Crippen molar-refractivity contribution < 1.29 is 37.2 Å². The summed E-state index contributed by atoms with van der Waals surface area (Å²) in [7, 11) is 0. The van der Waals surface area contributed by atoms with E-state index in [2.05, 4.69) is 16.5 Å². The molecule has 10 heteroatoms. The van der Waals surface area contributed by atoms with Crippen LogP contribution in [0.1, 0.15) is 54.9 Å². The van der Waals surface area contributed by atoms with Gasteiger partial charge >= 0.3 is 6.18 Å². The fourth-order valence-electron chi connectivity index (χ4n) is 5.47. The lowest BCUT2D eigenvalue weighted by Crippen LogP contribution is -2.19. The third kappa shape index (κ3) is 5.91. The number of halogens is 4. The molecule has 2 aliphatic rings. The van der Waals surface area contributed by atoms with Crippen molar-refractivity contribution in [3.63, 3.8) is 0 Å². The zero-order chi connectivity index (χ0) is 28.8. The van der Waals surface area contributed by atoms with Gasteiger partial charge in [-0.05, 0) is 73.8 Å². The smallest absolute Gasteiger partial charge is 0.417 e. The molecule has 0 bridgehead atoms. The second-order valence-electron chi connectivity index (χ2n) is 11.1. The number of aliphatic hydroxyl groups is 2. The molecule has 0 spiro atoms. The number of benzene rings is 1. The minimum Gasteiger partial charge on any atom is -0.513 e. The van der Waals surface area contributed by atoms with Crippen molar-refractivity contribution in [2.75, 3.05) is 6.61 Å². The zero-order valence-corrected chi connectivity index (χ0v) is 22.1. The summed E-state index contributed by atoms with van der Waals surface area (Å²) in [6.45, 7) is 6.77. The van der Waals surface area contributed by atoms with Crippen LogP contribution in [0.2, 0.25) is 0 Å². The number of fused-ring (bicyclic) bond motifs is 3. The first-order chi connectivity index (χ1) is 18.8. The van der Waals surface area contributed by atoms with E-state index in [1.165, 1.54) is 12.1 Å². The maximum atomic E-state index is 14.6. The topological polar surface area (TPSA) is 84.7 Å². The number of nitrogens with zero attached hydrogens (tertiary/aromatic N) is 2. The van der Waals surface area contributed by atoms with Gasteiger partial charge in [0.15, 0.2) is 0 Å². The van der Waals surface area contributed by atoms with E-state index >= 15 is 0 Å². The molecule has 2 aliphatic carbocycles. The van der Waals surface area contributed by atoms with Crippen molar-refractivity contribution in [1.82, 2.24) is 9.97 Å². The molecule has 2 N–H and O–H groups in total. The molecule has 0 radical (unpaired) electrons. The third-order valence-corrected chi connectivity index (χ3v) is 7.47. The zero-order valence-electron chi connectivity index (χ0n) is 22.1. The van der Waals surface area contributed by atoms with Gasteiger partial charge in [-0.3, -0.25) is 0 Å². The van der Waals surface area contributed by atoms with E-state index in [4.69, 9.17) is 9.47 Å². The Morgan fingerprint density at radius 2 is 1.80 bits per heavy atom. The van der Waals surface area contributed by atoms with E-state index in [0.29, 0.717) is 18.8 Å². The Morgan fingerprint density at radius 1 is 1.07 bits per heavy atom. The molecule has 2 heterocycles. The second-order valence-corrected chi connectivity index (χ2v) is 11.1. The fraction of sp³-hybridized carbons (Fsp3) is 0.400. The minimum absolute atomic E-state index is 0.0632. The highest BCUT2D eigenvalue weighted by Gasteiger charge is 2.57. The Balaban J connectivity index is 1.30. The van der Waals surface area contributed by atoms with Gasteiger partial charge in [0.25, 0.3) is 0 Å². The standard InChI is InChI=1S/C30H30F4N2O4/c1-16(37)27-20-10-18-11-25(36-14-22(18)28(20)27)40-15-19-9-17(5-6-24(19)31)21-13-35-26(12-23(21)30(32,33)34)39-8-4-7-29(2,3)38/h5-6,9,11-14,20,27-28,37-38H,1,4,7-8,10,15H2,2-3H3/t20-,27-,28+/m0/s1. The van der Waals surface area contributed by atoms with Gasteiger partial charge in [-0.15, -0.1) is 0 Å². The summed E-state index contributed by atoms with van der Waals surface area (Å²) >= 11 is 0.